The van der Waals surface area contributed by atoms with Crippen LogP contribution in [0.3, 0.4) is 0 Å². The molecule has 0 saturated carbocycles. The summed E-state index contributed by atoms with van der Waals surface area (Å²) in [6.07, 6.45) is 0.625. The predicted octanol–water partition coefficient (Wildman–Crippen LogP) is 4.11. The lowest BCUT2D eigenvalue weighted by Gasteiger charge is -2.06. The third-order valence-electron chi connectivity index (χ3n) is 2.74. The molecule has 2 rings (SSSR count). The summed E-state index contributed by atoms with van der Waals surface area (Å²) in [6.45, 7) is 0.453. The van der Waals surface area contributed by atoms with Gasteiger partial charge in [0.2, 0.25) is 0 Å². The average Bonchev–Trinajstić information content (AvgIpc) is 2.40. The number of halogens is 3. The van der Waals surface area contributed by atoms with Crippen LogP contribution in [0.2, 0.25) is 10.0 Å². The number of amides is 1. The number of benzene rings is 2. The molecular formula is C15H12Cl2FNO. The quantitative estimate of drug-likeness (QED) is 0.904. The molecule has 1 N–H and O–H groups in total. The molecule has 1 amide bonds. The Hall–Kier alpha value is -1.58. The summed E-state index contributed by atoms with van der Waals surface area (Å²) in [5, 5.41) is 3.60. The van der Waals surface area contributed by atoms with Gasteiger partial charge in [0.25, 0.3) is 5.91 Å². The van der Waals surface area contributed by atoms with E-state index in [9.17, 15) is 9.18 Å². The first-order valence-electron chi connectivity index (χ1n) is 6.03. The minimum atomic E-state index is -0.272. The number of rotatable bonds is 4. The SMILES string of the molecule is O=C(NCCc1ccc(F)cc1)c1cc(Cl)cc(Cl)c1. The summed E-state index contributed by atoms with van der Waals surface area (Å²) in [5.41, 5.74) is 1.37. The number of hydrogen-bond acceptors (Lipinski definition) is 1. The van der Waals surface area contributed by atoms with Crippen molar-refractivity contribution in [2.24, 2.45) is 0 Å². The van der Waals surface area contributed by atoms with Gasteiger partial charge in [-0.05, 0) is 42.3 Å². The van der Waals surface area contributed by atoms with Gasteiger partial charge in [-0.25, -0.2) is 4.39 Å². The maximum absolute atomic E-state index is 12.7. The summed E-state index contributed by atoms with van der Waals surface area (Å²) >= 11 is 11.7. The van der Waals surface area contributed by atoms with E-state index >= 15 is 0 Å². The molecule has 0 radical (unpaired) electrons. The Balaban J connectivity index is 1.90. The highest BCUT2D eigenvalue weighted by Crippen LogP contribution is 2.18. The molecule has 2 nitrogen and oxygen atoms in total. The molecule has 0 aliphatic carbocycles. The molecule has 0 spiro atoms. The topological polar surface area (TPSA) is 29.1 Å². The predicted molar refractivity (Wildman–Crippen MR) is 78.9 cm³/mol. The number of carbonyl (C=O) groups excluding carboxylic acids is 1. The fourth-order valence-corrected chi connectivity index (χ4v) is 2.28. The van der Waals surface area contributed by atoms with Crippen molar-refractivity contribution in [1.82, 2.24) is 5.32 Å². The highest BCUT2D eigenvalue weighted by molar-refractivity contribution is 6.35. The number of hydrogen-bond donors (Lipinski definition) is 1. The Bertz CT molecular complexity index is 594. The number of nitrogens with one attached hydrogen (secondary N) is 1. The standard InChI is InChI=1S/C15H12Cl2FNO/c16-12-7-11(8-13(17)9-12)15(20)19-6-5-10-1-3-14(18)4-2-10/h1-4,7-9H,5-6H2,(H,19,20). The Morgan fingerprint density at radius 1 is 1.05 bits per heavy atom. The highest BCUT2D eigenvalue weighted by Gasteiger charge is 2.07. The van der Waals surface area contributed by atoms with Crippen molar-refractivity contribution >= 4 is 29.1 Å². The maximum Gasteiger partial charge on any atom is 0.251 e. The normalized spacial score (nSPS) is 10.3. The van der Waals surface area contributed by atoms with Crippen molar-refractivity contribution in [2.45, 2.75) is 6.42 Å². The molecule has 0 aromatic heterocycles. The second-order valence-electron chi connectivity index (χ2n) is 4.29. The first-order valence-corrected chi connectivity index (χ1v) is 6.79. The molecule has 0 aliphatic rings. The third-order valence-corrected chi connectivity index (χ3v) is 3.17. The van der Waals surface area contributed by atoms with Crippen LogP contribution < -0.4 is 5.32 Å². The molecule has 0 atom stereocenters. The van der Waals surface area contributed by atoms with Crippen molar-refractivity contribution in [3.8, 4) is 0 Å². The maximum atomic E-state index is 12.7. The van der Waals surface area contributed by atoms with E-state index in [4.69, 9.17) is 23.2 Å². The molecule has 2 aromatic carbocycles. The fraction of sp³-hybridized carbons (Fsp3) is 0.133. The summed E-state index contributed by atoms with van der Waals surface area (Å²) in [7, 11) is 0. The zero-order valence-corrected chi connectivity index (χ0v) is 12.0. The lowest BCUT2D eigenvalue weighted by atomic mass is 10.1. The molecule has 0 saturated heterocycles. The summed E-state index contributed by atoms with van der Waals surface area (Å²) in [4.78, 5) is 11.9. The van der Waals surface area contributed by atoms with E-state index in [0.29, 0.717) is 28.6 Å². The Kier molecular flexibility index (Phi) is 4.99. The summed E-state index contributed by atoms with van der Waals surface area (Å²) in [5.74, 6) is -0.511. The molecule has 0 aliphatic heterocycles. The number of carbonyl (C=O) groups is 1. The molecule has 104 valence electrons. The third kappa shape index (κ3) is 4.22. The Morgan fingerprint density at radius 3 is 2.25 bits per heavy atom. The van der Waals surface area contributed by atoms with Crippen molar-refractivity contribution < 1.29 is 9.18 Å². The molecule has 0 heterocycles. The van der Waals surface area contributed by atoms with Crippen LogP contribution in [-0.2, 0) is 6.42 Å². The molecule has 0 fully saturated rings. The van der Waals surface area contributed by atoms with Gasteiger partial charge in [0.1, 0.15) is 5.82 Å². The molecule has 0 bridgehead atoms. The zero-order valence-electron chi connectivity index (χ0n) is 10.5. The van der Waals surface area contributed by atoms with Crippen molar-refractivity contribution in [1.29, 1.82) is 0 Å². The van der Waals surface area contributed by atoms with Crippen LogP contribution in [0.1, 0.15) is 15.9 Å². The van der Waals surface area contributed by atoms with Gasteiger partial charge in [0, 0.05) is 22.2 Å². The lowest BCUT2D eigenvalue weighted by Crippen LogP contribution is -2.25. The van der Waals surface area contributed by atoms with Gasteiger partial charge in [-0.1, -0.05) is 35.3 Å². The van der Waals surface area contributed by atoms with Crippen molar-refractivity contribution in [3.05, 3.63) is 69.5 Å². The van der Waals surface area contributed by atoms with Crippen LogP contribution in [-0.4, -0.2) is 12.5 Å². The second-order valence-corrected chi connectivity index (χ2v) is 5.16. The van der Waals surface area contributed by atoms with Gasteiger partial charge in [0.05, 0.1) is 0 Å². The molecule has 5 heteroatoms. The van der Waals surface area contributed by atoms with E-state index in [1.54, 1.807) is 30.3 Å². The van der Waals surface area contributed by atoms with E-state index in [-0.39, 0.29) is 11.7 Å². The minimum absolute atomic E-state index is 0.239. The summed E-state index contributed by atoms with van der Waals surface area (Å²) < 4.78 is 12.7. The van der Waals surface area contributed by atoms with Gasteiger partial charge in [-0.3, -0.25) is 4.79 Å². The largest absolute Gasteiger partial charge is 0.352 e. The molecule has 2 aromatic rings. The highest BCUT2D eigenvalue weighted by atomic mass is 35.5. The molecular weight excluding hydrogens is 300 g/mol. The van der Waals surface area contributed by atoms with Crippen LogP contribution in [0.4, 0.5) is 4.39 Å². The fourth-order valence-electron chi connectivity index (χ4n) is 1.76. The Morgan fingerprint density at radius 2 is 1.65 bits per heavy atom. The van der Waals surface area contributed by atoms with Crippen molar-refractivity contribution in [2.75, 3.05) is 6.54 Å². The van der Waals surface area contributed by atoms with Crippen LogP contribution in [0.25, 0.3) is 0 Å². The van der Waals surface area contributed by atoms with Gasteiger partial charge in [0.15, 0.2) is 0 Å². The van der Waals surface area contributed by atoms with E-state index in [2.05, 4.69) is 5.32 Å². The smallest absolute Gasteiger partial charge is 0.251 e. The first kappa shape index (κ1) is 14.8. The van der Waals surface area contributed by atoms with E-state index in [1.165, 1.54) is 12.1 Å². The van der Waals surface area contributed by atoms with Crippen molar-refractivity contribution in [3.63, 3.8) is 0 Å². The minimum Gasteiger partial charge on any atom is -0.352 e. The lowest BCUT2D eigenvalue weighted by molar-refractivity contribution is 0.0954. The van der Waals surface area contributed by atoms with Gasteiger partial charge < -0.3 is 5.32 Å². The molecule has 0 unspecified atom stereocenters. The van der Waals surface area contributed by atoms with Crippen LogP contribution >= 0.6 is 23.2 Å². The zero-order chi connectivity index (χ0) is 14.5. The second kappa shape index (κ2) is 6.73. The van der Waals surface area contributed by atoms with E-state index < -0.39 is 0 Å². The summed E-state index contributed by atoms with van der Waals surface area (Å²) in [6, 6.07) is 10.9. The Labute approximate surface area is 126 Å². The monoisotopic (exact) mass is 311 g/mol. The van der Waals surface area contributed by atoms with E-state index in [0.717, 1.165) is 5.56 Å². The van der Waals surface area contributed by atoms with E-state index in [1.807, 2.05) is 0 Å². The van der Waals surface area contributed by atoms with Crippen LogP contribution in [0.5, 0.6) is 0 Å². The van der Waals surface area contributed by atoms with Gasteiger partial charge in [-0.15, -0.1) is 0 Å². The van der Waals surface area contributed by atoms with Crippen LogP contribution in [0.15, 0.2) is 42.5 Å². The van der Waals surface area contributed by atoms with Gasteiger partial charge >= 0.3 is 0 Å². The van der Waals surface area contributed by atoms with Gasteiger partial charge in [-0.2, -0.15) is 0 Å². The first-order chi connectivity index (χ1) is 9.54. The average molecular weight is 312 g/mol. The molecule has 20 heavy (non-hydrogen) atoms. The van der Waals surface area contributed by atoms with Crippen LogP contribution in [0, 0.1) is 5.82 Å².